The largest absolute Gasteiger partial charge is 0.508 e. The summed E-state index contributed by atoms with van der Waals surface area (Å²) in [6.07, 6.45) is 0.850. The molecule has 0 bridgehead atoms. The van der Waals surface area contributed by atoms with Crippen LogP contribution in [0.4, 0.5) is 0 Å². The fourth-order valence-electron chi connectivity index (χ4n) is 2.17. The van der Waals surface area contributed by atoms with Gasteiger partial charge in [-0.25, -0.2) is 0 Å². The van der Waals surface area contributed by atoms with Crippen molar-refractivity contribution >= 4 is 5.91 Å². The SMILES string of the molecule is CCCN(Cc1ccc(O)cc1)C(=O)c1cccc(O)c1. The van der Waals surface area contributed by atoms with Gasteiger partial charge in [-0.2, -0.15) is 0 Å². The molecule has 4 heteroatoms. The standard InChI is InChI=1S/C17H19NO3/c1-2-10-18(12-13-6-8-15(19)9-7-13)17(21)14-4-3-5-16(20)11-14/h3-9,11,19-20H,2,10,12H2,1H3. The van der Waals surface area contributed by atoms with Crippen LogP contribution in [0.5, 0.6) is 11.5 Å². The summed E-state index contributed by atoms with van der Waals surface area (Å²) >= 11 is 0. The number of rotatable bonds is 5. The van der Waals surface area contributed by atoms with E-state index in [0.717, 1.165) is 12.0 Å². The number of phenolic OH excluding ortho intramolecular Hbond substituents is 2. The number of nitrogens with zero attached hydrogens (tertiary/aromatic N) is 1. The Morgan fingerprint density at radius 1 is 1.05 bits per heavy atom. The third-order valence-corrected chi connectivity index (χ3v) is 3.18. The van der Waals surface area contributed by atoms with Gasteiger partial charge < -0.3 is 15.1 Å². The molecule has 0 heterocycles. The van der Waals surface area contributed by atoms with Crippen molar-refractivity contribution in [3.8, 4) is 11.5 Å². The Kier molecular flexibility index (Phi) is 4.82. The van der Waals surface area contributed by atoms with E-state index >= 15 is 0 Å². The summed E-state index contributed by atoms with van der Waals surface area (Å²) in [6.45, 7) is 3.12. The first-order chi connectivity index (χ1) is 10.1. The molecular formula is C17H19NO3. The Morgan fingerprint density at radius 2 is 1.76 bits per heavy atom. The maximum atomic E-state index is 12.5. The van der Waals surface area contributed by atoms with Gasteiger partial charge in [0.2, 0.25) is 0 Å². The molecule has 0 saturated carbocycles. The highest BCUT2D eigenvalue weighted by Gasteiger charge is 2.15. The number of aromatic hydroxyl groups is 2. The lowest BCUT2D eigenvalue weighted by Crippen LogP contribution is -2.31. The molecule has 0 unspecified atom stereocenters. The molecule has 0 aliphatic heterocycles. The number of benzene rings is 2. The lowest BCUT2D eigenvalue weighted by Gasteiger charge is -2.22. The minimum atomic E-state index is -0.110. The molecule has 21 heavy (non-hydrogen) atoms. The van der Waals surface area contributed by atoms with Gasteiger partial charge in [-0.3, -0.25) is 4.79 Å². The lowest BCUT2D eigenvalue weighted by molar-refractivity contribution is 0.0743. The molecule has 0 aliphatic rings. The molecule has 0 aliphatic carbocycles. The zero-order chi connectivity index (χ0) is 15.2. The molecule has 0 spiro atoms. The lowest BCUT2D eigenvalue weighted by atomic mass is 10.1. The second kappa shape index (κ2) is 6.79. The Hall–Kier alpha value is -2.49. The van der Waals surface area contributed by atoms with Gasteiger partial charge in [-0.1, -0.05) is 25.1 Å². The van der Waals surface area contributed by atoms with Gasteiger partial charge in [0.15, 0.2) is 0 Å². The molecule has 2 aromatic rings. The summed E-state index contributed by atoms with van der Waals surface area (Å²) in [4.78, 5) is 14.3. The van der Waals surface area contributed by atoms with Crippen molar-refractivity contribution in [3.63, 3.8) is 0 Å². The summed E-state index contributed by atoms with van der Waals surface area (Å²) in [7, 11) is 0. The number of carbonyl (C=O) groups is 1. The van der Waals surface area contributed by atoms with E-state index < -0.39 is 0 Å². The summed E-state index contributed by atoms with van der Waals surface area (Å²) < 4.78 is 0. The van der Waals surface area contributed by atoms with Crippen LogP contribution < -0.4 is 0 Å². The van der Waals surface area contributed by atoms with E-state index in [-0.39, 0.29) is 17.4 Å². The average Bonchev–Trinajstić information content (AvgIpc) is 2.48. The summed E-state index contributed by atoms with van der Waals surface area (Å²) in [5.41, 5.74) is 1.43. The van der Waals surface area contributed by atoms with E-state index in [9.17, 15) is 15.0 Å². The normalized spacial score (nSPS) is 10.3. The molecule has 0 atom stereocenters. The molecule has 2 N–H and O–H groups in total. The molecule has 0 saturated heterocycles. The predicted molar refractivity (Wildman–Crippen MR) is 81.2 cm³/mol. The van der Waals surface area contributed by atoms with Gasteiger partial charge in [-0.15, -0.1) is 0 Å². The van der Waals surface area contributed by atoms with Crippen LogP contribution in [0.1, 0.15) is 29.3 Å². The van der Waals surface area contributed by atoms with Crippen molar-refractivity contribution in [2.45, 2.75) is 19.9 Å². The molecule has 110 valence electrons. The second-order valence-electron chi connectivity index (χ2n) is 4.94. The van der Waals surface area contributed by atoms with Crippen LogP contribution in [0, 0.1) is 0 Å². The maximum absolute atomic E-state index is 12.5. The number of amides is 1. The van der Waals surface area contributed by atoms with Crippen LogP contribution in [0.25, 0.3) is 0 Å². The van der Waals surface area contributed by atoms with E-state index in [2.05, 4.69) is 0 Å². The number of phenols is 2. The van der Waals surface area contributed by atoms with Crippen LogP contribution in [-0.2, 0) is 6.54 Å². The van der Waals surface area contributed by atoms with Gasteiger partial charge in [0.25, 0.3) is 5.91 Å². The molecule has 1 amide bonds. The highest BCUT2D eigenvalue weighted by atomic mass is 16.3. The van der Waals surface area contributed by atoms with E-state index in [4.69, 9.17) is 0 Å². The quantitative estimate of drug-likeness (QED) is 0.887. The highest BCUT2D eigenvalue weighted by Crippen LogP contribution is 2.16. The van der Waals surface area contributed by atoms with E-state index in [0.29, 0.717) is 18.7 Å². The number of hydrogen-bond donors (Lipinski definition) is 2. The van der Waals surface area contributed by atoms with Crippen molar-refractivity contribution in [2.75, 3.05) is 6.54 Å². The zero-order valence-corrected chi connectivity index (χ0v) is 12.0. The van der Waals surface area contributed by atoms with Gasteiger partial charge in [-0.05, 0) is 42.3 Å². The molecule has 4 nitrogen and oxygen atoms in total. The van der Waals surface area contributed by atoms with Crippen molar-refractivity contribution in [2.24, 2.45) is 0 Å². The summed E-state index contributed by atoms with van der Waals surface area (Å²) in [6, 6.07) is 13.2. The molecule has 2 aromatic carbocycles. The first-order valence-corrected chi connectivity index (χ1v) is 6.96. The van der Waals surface area contributed by atoms with Crippen LogP contribution in [-0.4, -0.2) is 27.6 Å². The van der Waals surface area contributed by atoms with E-state index in [1.54, 1.807) is 47.4 Å². The van der Waals surface area contributed by atoms with Crippen LogP contribution >= 0.6 is 0 Å². The second-order valence-corrected chi connectivity index (χ2v) is 4.94. The summed E-state index contributed by atoms with van der Waals surface area (Å²) in [5.74, 6) is 0.183. The number of hydrogen-bond acceptors (Lipinski definition) is 3. The Morgan fingerprint density at radius 3 is 2.38 bits per heavy atom. The van der Waals surface area contributed by atoms with Gasteiger partial charge >= 0.3 is 0 Å². The highest BCUT2D eigenvalue weighted by molar-refractivity contribution is 5.94. The Balaban J connectivity index is 2.18. The molecule has 0 fully saturated rings. The number of carbonyl (C=O) groups excluding carboxylic acids is 1. The van der Waals surface area contributed by atoms with E-state index in [1.165, 1.54) is 6.07 Å². The first kappa shape index (κ1) is 14.9. The van der Waals surface area contributed by atoms with Crippen LogP contribution in [0.15, 0.2) is 48.5 Å². The van der Waals surface area contributed by atoms with Gasteiger partial charge in [0.1, 0.15) is 11.5 Å². The van der Waals surface area contributed by atoms with Gasteiger partial charge in [0, 0.05) is 18.7 Å². The van der Waals surface area contributed by atoms with Crippen molar-refractivity contribution < 1.29 is 15.0 Å². The summed E-state index contributed by atoms with van der Waals surface area (Å²) in [5, 5.41) is 18.8. The maximum Gasteiger partial charge on any atom is 0.254 e. The topological polar surface area (TPSA) is 60.8 Å². The van der Waals surface area contributed by atoms with Crippen molar-refractivity contribution in [1.82, 2.24) is 4.90 Å². The minimum absolute atomic E-state index is 0.0851. The van der Waals surface area contributed by atoms with Gasteiger partial charge in [0.05, 0.1) is 0 Å². The predicted octanol–water partition coefficient (Wildman–Crippen LogP) is 3.15. The molecule has 0 radical (unpaired) electrons. The minimum Gasteiger partial charge on any atom is -0.508 e. The van der Waals surface area contributed by atoms with Crippen molar-refractivity contribution in [3.05, 3.63) is 59.7 Å². The van der Waals surface area contributed by atoms with Crippen LogP contribution in [0.3, 0.4) is 0 Å². The molecule has 0 aromatic heterocycles. The third-order valence-electron chi connectivity index (χ3n) is 3.18. The zero-order valence-electron chi connectivity index (χ0n) is 12.0. The third kappa shape index (κ3) is 3.99. The fraction of sp³-hybridized carbons (Fsp3) is 0.235. The van der Waals surface area contributed by atoms with E-state index in [1.807, 2.05) is 6.92 Å². The Labute approximate surface area is 124 Å². The van der Waals surface area contributed by atoms with Crippen molar-refractivity contribution in [1.29, 1.82) is 0 Å². The first-order valence-electron chi connectivity index (χ1n) is 6.96. The average molecular weight is 285 g/mol. The fourth-order valence-corrected chi connectivity index (χ4v) is 2.17. The monoisotopic (exact) mass is 285 g/mol. The smallest absolute Gasteiger partial charge is 0.254 e. The van der Waals surface area contributed by atoms with Crippen LogP contribution in [0.2, 0.25) is 0 Å². The Bertz CT molecular complexity index is 608. The molecular weight excluding hydrogens is 266 g/mol. The molecule has 2 rings (SSSR count).